The number of hydrogen-bond acceptors (Lipinski definition) is 11. The number of carbonyl (C=O) groups is 3. The van der Waals surface area contributed by atoms with Gasteiger partial charge >= 0.3 is 6.18 Å². The van der Waals surface area contributed by atoms with Crippen molar-refractivity contribution in [2.75, 3.05) is 26.3 Å². The van der Waals surface area contributed by atoms with Gasteiger partial charge in [-0.05, 0) is 103 Å². The largest absolute Gasteiger partial charge is 0.493 e. The maximum absolute atomic E-state index is 14.5. The van der Waals surface area contributed by atoms with Gasteiger partial charge in [0.1, 0.15) is 47.4 Å². The first-order chi connectivity index (χ1) is 34.7. The first-order valence-electron chi connectivity index (χ1n) is 24.3. The second kappa shape index (κ2) is 25.5. The number of nitrogens with zero attached hydrogens (tertiary/aromatic N) is 9. The molecule has 71 heavy (non-hydrogen) atoms. The van der Waals surface area contributed by atoms with E-state index in [0.29, 0.717) is 77.3 Å². The van der Waals surface area contributed by atoms with Crippen molar-refractivity contribution < 1.29 is 47.2 Å². The first-order valence-corrected chi connectivity index (χ1v) is 24.0. The van der Waals surface area contributed by atoms with Gasteiger partial charge in [-0.1, -0.05) is 39.8 Å². The third kappa shape index (κ3) is 13.6. The molecule has 20 heteroatoms. The maximum Gasteiger partial charge on any atom is 0.446 e. The lowest BCUT2D eigenvalue weighted by Gasteiger charge is -2.26. The Labute approximate surface area is 414 Å². The average Bonchev–Trinajstić information content (AvgIpc) is 4.25. The zero-order chi connectivity index (χ0) is 51.8. The lowest BCUT2D eigenvalue weighted by Crippen LogP contribution is -2.34. The van der Waals surface area contributed by atoms with E-state index in [9.17, 15) is 31.5 Å². The van der Waals surface area contributed by atoms with Gasteiger partial charge in [0.15, 0.2) is 11.3 Å². The Balaban J connectivity index is 0.000000188. The van der Waals surface area contributed by atoms with Crippen molar-refractivity contribution in [3.05, 3.63) is 118 Å². The molecule has 0 atom stereocenters. The molecule has 378 valence electrons. The van der Waals surface area contributed by atoms with Crippen molar-refractivity contribution in [3.63, 3.8) is 0 Å². The molecule has 0 spiro atoms. The van der Waals surface area contributed by atoms with Crippen molar-refractivity contribution in [3.8, 4) is 11.5 Å². The summed E-state index contributed by atoms with van der Waals surface area (Å²) in [4.78, 5) is 41.4. The molecule has 10 rings (SSSR count). The van der Waals surface area contributed by atoms with E-state index in [1.165, 1.54) is 30.5 Å². The summed E-state index contributed by atoms with van der Waals surface area (Å²) in [6.45, 7) is 8.42. The van der Waals surface area contributed by atoms with Crippen molar-refractivity contribution in [1.82, 2.24) is 44.1 Å². The summed E-state index contributed by atoms with van der Waals surface area (Å²) in [6, 6.07) is 6.41. The van der Waals surface area contributed by atoms with Crippen LogP contribution in [0.1, 0.15) is 119 Å². The van der Waals surface area contributed by atoms with Crippen molar-refractivity contribution in [1.29, 1.82) is 0 Å². The molecule has 2 aromatic carbocycles. The highest BCUT2D eigenvalue weighted by atomic mass is 35.5. The van der Waals surface area contributed by atoms with E-state index in [2.05, 4.69) is 42.5 Å². The number of allylic oxidation sites excluding steroid dienone is 2. The molecule has 6 aromatic rings. The Bertz CT molecular complexity index is 2910. The van der Waals surface area contributed by atoms with E-state index in [1.807, 2.05) is 33.0 Å². The van der Waals surface area contributed by atoms with Crippen LogP contribution in [-0.4, -0.2) is 94.0 Å². The van der Waals surface area contributed by atoms with Crippen LogP contribution in [0.15, 0.2) is 61.5 Å². The Morgan fingerprint density at radius 2 is 1.25 bits per heavy atom. The van der Waals surface area contributed by atoms with E-state index >= 15 is 0 Å². The highest BCUT2D eigenvalue weighted by molar-refractivity contribution is 6.63. The number of aldehydes is 1. The van der Waals surface area contributed by atoms with Crippen LogP contribution in [0.5, 0.6) is 11.5 Å². The number of fused-ring (bicyclic) bond motifs is 4. The van der Waals surface area contributed by atoms with Crippen molar-refractivity contribution in [2.45, 2.75) is 117 Å². The quantitative estimate of drug-likeness (QED) is 0.0731. The Morgan fingerprint density at radius 3 is 1.66 bits per heavy atom. The fourth-order valence-electron chi connectivity index (χ4n) is 8.65. The standard InChI is InChI=1S/C23H24FN5O2.C21H21FN4O.C3H5ClO.C2HF3O.C2H6/c1-2-22(30)28-10-7-15(8-11-28)18-13-25-21(29-14-26-27-23(18)29)6-3-16-17-9-12-31-20(17)5-4-19(16)24;22-18-7-8-19-16(10-11-27-19)15(18)6-9-20-23-12-17(14-4-2-1-3-5-14)21-25-24-13-26(20)21;1-2-3(4)5;3-2(4,5)1-6;1-2/h4-5,7,13-14H,2-3,6,8-12H2,1H3;4,7-8,12-13H,1-3,5-6,9-11H2;2H2,1H3;1H;1-2H3/i;;;;1D. The summed E-state index contributed by atoms with van der Waals surface area (Å²) in [7, 11) is 0. The number of alkyl halides is 3. The lowest BCUT2D eigenvalue weighted by molar-refractivity contribution is -0.156. The van der Waals surface area contributed by atoms with Gasteiger partial charge in [0.25, 0.3) is 0 Å². The Kier molecular flexibility index (Phi) is 18.7. The van der Waals surface area contributed by atoms with Gasteiger partial charge < -0.3 is 14.4 Å². The second-order valence-electron chi connectivity index (χ2n) is 16.4. The van der Waals surface area contributed by atoms with E-state index in [1.54, 1.807) is 38.6 Å². The van der Waals surface area contributed by atoms with Crippen LogP contribution in [0, 0.1) is 11.6 Å². The van der Waals surface area contributed by atoms with Gasteiger partial charge in [-0.25, -0.2) is 18.7 Å². The minimum absolute atomic E-state index is 0.164. The van der Waals surface area contributed by atoms with Gasteiger partial charge in [0.2, 0.25) is 17.4 Å². The molecule has 7 heterocycles. The number of rotatable bonds is 10. The highest BCUT2D eigenvalue weighted by Gasteiger charge is 2.26. The normalized spacial score (nSPS) is 14.8. The van der Waals surface area contributed by atoms with Crippen LogP contribution >= 0.6 is 11.6 Å². The number of ether oxygens (including phenoxy) is 2. The minimum atomic E-state index is -4.64. The molecule has 0 radical (unpaired) electrons. The second-order valence-corrected chi connectivity index (χ2v) is 16.9. The molecule has 0 N–H and O–H groups in total. The summed E-state index contributed by atoms with van der Waals surface area (Å²) in [6.07, 6.45) is 15.9. The van der Waals surface area contributed by atoms with E-state index in [-0.39, 0.29) is 22.8 Å². The number of aromatic nitrogens is 8. The van der Waals surface area contributed by atoms with E-state index < -0.39 is 12.5 Å². The number of hydrogen-bond donors (Lipinski definition) is 0. The van der Waals surface area contributed by atoms with Crippen LogP contribution in [0.3, 0.4) is 0 Å². The molecular formula is C51H57ClF5N9O5. The van der Waals surface area contributed by atoms with Gasteiger partial charge in [-0.2, -0.15) is 13.2 Å². The molecule has 4 aromatic heterocycles. The molecule has 4 aliphatic rings. The third-order valence-corrected chi connectivity index (χ3v) is 12.4. The summed E-state index contributed by atoms with van der Waals surface area (Å²) in [5.41, 5.74) is 9.44. The van der Waals surface area contributed by atoms with Crippen LogP contribution < -0.4 is 9.47 Å². The molecule has 1 aliphatic carbocycles. The van der Waals surface area contributed by atoms with Crippen LogP contribution in [0.25, 0.3) is 22.4 Å². The minimum Gasteiger partial charge on any atom is -0.493 e. The van der Waals surface area contributed by atoms with Crippen LogP contribution in [-0.2, 0) is 52.9 Å². The smallest absolute Gasteiger partial charge is 0.446 e. The Hall–Kier alpha value is -6.63. The highest BCUT2D eigenvalue weighted by Crippen LogP contribution is 2.34. The number of carbonyl (C=O) groups excluding carboxylic acids is 3. The summed E-state index contributed by atoms with van der Waals surface area (Å²) in [5, 5.41) is 16.6. The SMILES string of the molecule is CCC(=O)Cl.CCC(=O)N1CC=C(c2cnc(CCc3c(F)ccc4c3CCO4)n3cnnc23)CC1.Fc1ccc2c(c1CCc1ncc(C3=CCCCC3)c3nncn13)CCO2.O=CC(F)(F)F.[2H]CC. The monoisotopic (exact) mass is 1010 g/mol. The summed E-state index contributed by atoms with van der Waals surface area (Å²) < 4.78 is 81.3. The lowest BCUT2D eigenvalue weighted by atomic mass is 9.95. The van der Waals surface area contributed by atoms with Gasteiger partial charge in [0.05, 0.1) is 13.2 Å². The molecule has 0 bridgehead atoms. The zero-order valence-electron chi connectivity index (χ0n) is 40.9. The molecular weight excluding hydrogens is 949 g/mol. The first kappa shape index (κ1) is 52.2. The molecule has 0 unspecified atom stereocenters. The molecule has 0 saturated carbocycles. The van der Waals surface area contributed by atoms with Gasteiger partial charge in [-0.3, -0.25) is 23.2 Å². The molecule has 0 fully saturated rings. The maximum atomic E-state index is 14.5. The fourth-order valence-corrected chi connectivity index (χ4v) is 8.65. The molecule has 3 aliphatic heterocycles. The van der Waals surface area contributed by atoms with Crippen molar-refractivity contribution in [2.24, 2.45) is 0 Å². The van der Waals surface area contributed by atoms with Crippen LogP contribution in [0.4, 0.5) is 22.0 Å². The van der Waals surface area contributed by atoms with E-state index in [0.717, 1.165) is 99.9 Å². The van der Waals surface area contributed by atoms with E-state index in [4.69, 9.17) is 27.2 Å². The molecule has 1 amide bonds. The van der Waals surface area contributed by atoms with Gasteiger partial charge in [-0.15, -0.1) is 20.4 Å². The molecule has 14 nitrogen and oxygen atoms in total. The summed E-state index contributed by atoms with van der Waals surface area (Å²) in [5.74, 6) is 3.05. The number of halogens is 6. The summed E-state index contributed by atoms with van der Waals surface area (Å²) >= 11 is 4.82. The predicted octanol–water partition coefficient (Wildman–Crippen LogP) is 9.89. The third-order valence-electron chi connectivity index (χ3n) is 12.2. The van der Waals surface area contributed by atoms with Gasteiger partial charge in [0, 0.05) is 87.6 Å². The number of amides is 1. The zero-order valence-corrected chi connectivity index (χ0v) is 40.7. The number of benzene rings is 2. The Morgan fingerprint density at radius 1 is 0.761 bits per heavy atom. The van der Waals surface area contributed by atoms with Crippen LogP contribution in [0.2, 0.25) is 0 Å². The fraction of sp³-hybridized carbons (Fsp3) is 0.431. The number of aryl methyl sites for hydroxylation is 2. The average molecular weight is 1010 g/mol. The molecule has 0 saturated heterocycles. The van der Waals surface area contributed by atoms with Crippen molar-refractivity contribution >= 4 is 51.5 Å². The predicted molar refractivity (Wildman–Crippen MR) is 258 cm³/mol. The topological polar surface area (TPSA) is 159 Å².